The van der Waals surface area contributed by atoms with E-state index in [4.69, 9.17) is 0 Å². The molecule has 2 aromatic carbocycles. The second-order valence-electron chi connectivity index (χ2n) is 16.8. The van der Waals surface area contributed by atoms with Crippen molar-refractivity contribution in [2.75, 3.05) is 0 Å². The highest BCUT2D eigenvalue weighted by Crippen LogP contribution is 2.38. The highest BCUT2D eigenvalue weighted by Gasteiger charge is 2.35. The molecule has 2 nitrogen and oxygen atoms in total. The van der Waals surface area contributed by atoms with E-state index in [0.717, 1.165) is 49.9 Å². The number of hydrogen-bond acceptors (Lipinski definition) is 0. The van der Waals surface area contributed by atoms with Crippen molar-refractivity contribution in [2.45, 2.75) is 221 Å². The van der Waals surface area contributed by atoms with Gasteiger partial charge >= 0.3 is 0 Å². The number of allylic oxidation sites excluding steroid dienone is 5. The van der Waals surface area contributed by atoms with Gasteiger partial charge in [-0.25, -0.2) is 4.68 Å². The van der Waals surface area contributed by atoms with Gasteiger partial charge in [-0.05, 0) is 124 Å². The molecule has 1 N–H and O–H groups in total. The first kappa shape index (κ1) is 46.5. The highest BCUT2D eigenvalue weighted by molar-refractivity contribution is 6.17. The lowest BCUT2D eigenvalue weighted by molar-refractivity contribution is -0.347. The van der Waals surface area contributed by atoms with E-state index in [1.54, 1.807) is 0 Å². The number of nitrogens with zero attached hydrogens (tertiary/aromatic N) is 1. The molecule has 3 rings (SSSR count). The fourth-order valence-corrected chi connectivity index (χ4v) is 8.22. The Balaban J connectivity index is 2.05. The van der Waals surface area contributed by atoms with Crippen molar-refractivity contribution in [3.63, 3.8) is 0 Å². The predicted octanol–water partition coefficient (Wildman–Crippen LogP) is 17.0. The fraction of sp³-hybridized carbons (Fsp3) is 0.642. The summed E-state index contributed by atoms with van der Waals surface area (Å²) in [5, 5.41) is 0. The van der Waals surface area contributed by atoms with Crippen LogP contribution in [0.2, 0.25) is 0 Å². The molecule has 1 heterocycles. The molecule has 0 unspecified atom stereocenters. The van der Waals surface area contributed by atoms with E-state index in [9.17, 15) is 5.84 Å². The maximum absolute atomic E-state index is 10.1. The minimum Gasteiger partial charge on any atom is -0.448 e. The van der Waals surface area contributed by atoms with Crippen molar-refractivity contribution >= 4 is 11.4 Å². The van der Waals surface area contributed by atoms with Gasteiger partial charge in [0, 0.05) is 11.1 Å². The molecule has 0 spiro atoms. The van der Waals surface area contributed by atoms with E-state index in [1.165, 1.54) is 186 Å². The van der Waals surface area contributed by atoms with Crippen molar-refractivity contribution in [1.29, 1.82) is 0 Å². The first-order chi connectivity index (χ1) is 27.0. The molecule has 0 fully saturated rings. The third kappa shape index (κ3) is 16.6. The van der Waals surface area contributed by atoms with Crippen LogP contribution in [0, 0.1) is 0 Å². The Morgan fingerprint density at radius 1 is 0.436 bits per heavy atom. The van der Waals surface area contributed by atoms with E-state index in [2.05, 4.69) is 96.2 Å². The number of nitrogens with one attached hydrogen (secondary N) is 1. The predicted molar refractivity (Wildman–Crippen MR) is 245 cm³/mol. The van der Waals surface area contributed by atoms with E-state index in [-0.39, 0.29) is 0 Å². The Morgan fingerprint density at radius 2 is 0.818 bits per heavy atom. The molecule has 2 heteroatoms. The smallest absolute Gasteiger partial charge is 0.216 e. The molecule has 0 aliphatic carbocycles. The molecule has 0 radical (unpaired) electrons. The topological polar surface area (TPSA) is 26.8 Å². The summed E-state index contributed by atoms with van der Waals surface area (Å²) < 4.78 is 1.86. The van der Waals surface area contributed by atoms with Crippen molar-refractivity contribution in [3.05, 3.63) is 105 Å². The summed E-state index contributed by atoms with van der Waals surface area (Å²) in [5.41, 5.74) is 12.9. The molecule has 2 aromatic rings. The van der Waals surface area contributed by atoms with Crippen molar-refractivity contribution < 1.29 is 4.68 Å². The lowest BCUT2D eigenvalue weighted by Crippen LogP contribution is -2.13. The lowest BCUT2D eigenvalue weighted by atomic mass is 9.90. The van der Waals surface area contributed by atoms with Crippen LogP contribution in [0.1, 0.15) is 229 Å². The zero-order valence-electron chi connectivity index (χ0n) is 36.9. The molecule has 0 aromatic heterocycles. The molecule has 306 valence electrons. The normalized spacial score (nSPS) is 14.1. The van der Waals surface area contributed by atoms with Crippen molar-refractivity contribution in [1.82, 2.24) is 0 Å². The summed E-state index contributed by atoms with van der Waals surface area (Å²) in [6, 6.07) is 14.7. The van der Waals surface area contributed by atoms with E-state index >= 15 is 0 Å². The summed E-state index contributed by atoms with van der Waals surface area (Å²) in [5.74, 6) is 10.1. The minimum atomic E-state index is 1.06. The maximum atomic E-state index is 10.1. The van der Waals surface area contributed by atoms with Gasteiger partial charge in [-0.1, -0.05) is 175 Å². The Morgan fingerprint density at radius 3 is 1.27 bits per heavy atom. The quantitative estimate of drug-likeness (QED) is 0.0542. The van der Waals surface area contributed by atoms with E-state index in [0.29, 0.717) is 0 Å². The van der Waals surface area contributed by atoms with Crippen LogP contribution in [0.5, 0.6) is 0 Å². The van der Waals surface area contributed by atoms with Gasteiger partial charge in [0.25, 0.3) is 0 Å². The lowest BCUT2D eigenvalue weighted by Gasteiger charge is -2.13. The van der Waals surface area contributed by atoms with Crippen molar-refractivity contribution in [2.24, 2.45) is 0 Å². The van der Waals surface area contributed by atoms with Crippen LogP contribution in [-0.4, -0.2) is 10.4 Å². The third-order valence-corrected chi connectivity index (χ3v) is 11.6. The number of unbranched alkanes of at least 4 members (excludes halogenated alkanes) is 18. The van der Waals surface area contributed by atoms with Gasteiger partial charge in [-0.15, -0.1) is 0 Å². The second kappa shape index (κ2) is 28.5. The summed E-state index contributed by atoms with van der Waals surface area (Å²) in [6.07, 6.45) is 42.4. The minimum absolute atomic E-state index is 1.06. The summed E-state index contributed by atoms with van der Waals surface area (Å²) >= 11 is 0. The Kier molecular flexibility index (Phi) is 24.1. The average Bonchev–Trinajstić information content (AvgIpc) is 3.47. The van der Waals surface area contributed by atoms with Crippen LogP contribution in [0.4, 0.5) is 0 Å². The Hall–Kier alpha value is -2.87. The Labute approximate surface area is 341 Å². The monoisotopic (exact) mass is 749 g/mol. The molecule has 0 amide bonds. The zero-order valence-corrected chi connectivity index (χ0v) is 36.9. The van der Waals surface area contributed by atoms with Gasteiger partial charge in [-0.3, -0.25) is 0 Å². The summed E-state index contributed by atoms with van der Waals surface area (Å²) in [6.45, 7) is 13.8. The van der Waals surface area contributed by atoms with Gasteiger partial charge < -0.3 is 5.84 Å². The number of aryl methyl sites for hydroxylation is 4. The van der Waals surface area contributed by atoms with Gasteiger partial charge in [-0.2, -0.15) is 0 Å². The van der Waals surface area contributed by atoms with Crippen LogP contribution in [0.3, 0.4) is 0 Å². The third-order valence-electron chi connectivity index (χ3n) is 11.6. The van der Waals surface area contributed by atoms with Gasteiger partial charge in [0.2, 0.25) is 11.4 Å². The van der Waals surface area contributed by atoms with Crippen LogP contribution < -0.4 is 0 Å². The fourth-order valence-electron chi connectivity index (χ4n) is 8.22. The van der Waals surface area contributed by atoms with E-state index < -0.39 is 0 Å². The van der Waals surface area contributed by atoms with Gasteiger partial charge in [0.1, 0.15) is 0 Å². The van der Waals surface area contributed by atoms with Crippen LogP contribution >= 0.6 is 0 Å². The molecular formula is C53H84N2. The largest absolute Gasteiger partial charge is 0.448 e. The van der Waals surface area contributed by atoms with Gasteiger partial charge in [0.05, 0.1) is 11.1 Å². The highest BCUT2D eigenvalue weighted by atomic mass is 15.3. The van der Waals surface area contributed by atoms with Crippen molar-refractivity contribution in [3.8, 4) is 0 Å². The number of benzene rings is 2. The van der Waals surface area contributed by atoms with E-state index in [1.807, 2.05) is 4.68 Å². The van der Waals surface area contributed by atoms with Crippen LogP contribution in [0.15, 0.2) is 65.8 Å². The molecule has 0 bridgehead atoms. The first-order valence-corrected chi connectivity index (χ1v) is 23.8. The molecule has 0 saturated carbocycles. The zero-order chi connectivity index (χ0) is 39.5. The second-order valence-corrected chi connectivity index (χ2v) is 16.8. The van der Waals surface area contributed by atoms with Crippen LogP contribution in [0.25, 0.3) is 11.5 Å². The molecule has 1 aliphatic rings. The number of hydrogen-bond donors (Lipinski definition) is 0. The Bertz CT molecular complexity index is 1430. The molecular weight excluding hydrogens is 665 g/mol. The van der Waals surface area contributed by atoms with Crippen LogP contribution in [-0.2, 0) is 25.7 Å². The SMILES string of the molecule is CCCCCC=C1C(C=CCCCCCCCCCCCCC)=C(c2cc(CCCC)cc(CCCC)c2)[N+]([NH-])=C1c1cc(CCCC)cc(CCCC)c1. The summed E-state index contributed by atoms with van der Waals surface area (Å²) in [4.78, 5) is 0. The molecule has 1 aliphatic heterocycles. The molecule has 0 atom stereocenters. The molecule has 55 heavy (non-hydrogen) atoms. The first-order valence-electron chi connectivity index (χ1n) is 23.8. The number of rotatable bonds is 31. The van der Waals surface area contributed by atoms with Gasteiger partial charge in [0.15, 0.2) is 0 Å². The standard InChI is InChI=1S/C53H84N2/c1-7-13-19-21-22-23-24-25-26-27-28-29-31-37-51-50(36-30-20-14-8-2)52(48-40-44(32-15-9-3)38-45(41-48)33-16-10-4)55(54)53(51)49-42-46(34-17-11-5)39-47(43-49)35-18-12-6/h31,36-43,54H,7-30,32-35H2,1-6H3. The maximum Gasteiger partial charge on any atom is 0.216 e. The summed E-state index contributed by atoms with van der Waals surface area (Å²) in [7, 11) is 0. The average molecular weight is 749 g/mol. The molecule has 0 saturated heterocycles.